The van der Waals surface area contributed by atoms with Crippen molar-refractivity contribution in [3.63, 3.8) is 0 Å². The van der Waals surface area contributed by atoms with Crippen LogP contribution in [0.25, 0.3) is 10.9 Å². The highest BCUT2D eigenvalue weighted by Crippen LogP contribution is 2.26. The minimum absolute atomic E-state index is 0.173. The van der Waals surface area contributed by atoms with Crippen molar-refractivity contribution in [2.24, 2.45) is 0 Å². The van der Waals surface area contributed by atoms with Crippen LogP contribution in [0.4, 0.5) is 5.82 Å². The summed E-state index contributed by atoms with van der Waals surface area (Å²) < 4.78 is 11.1. The Morgan fingerprint density at radius 2 is 1.81 bits per heavy atom. The second kappa shape index (κ2) is 9.65. The number of carbonyl (C=O) groups is 2. The molecule has 3 N–H and O–H groups in total. The van der Waals surface area contributed by atoms with Gasteiger partial charge in [0.15, 0.2) is 5.82 Å². The first-order chi connectivity index (χ1) is 15.6. The lowest BCUT2D eigenvalue weighted by Gasteiger charge is -2.08. The Bertz CT molecular complexity index is 1240. The van der Waals surface area contributed by atoms with E-state index in [1.165, 1.54) is 0 Å². The number of nitrogens with one attached hydrogen (secondary N) is 3. The van der Waals surface area contributed by atoms with Crippen LogP contribution in [-0.2, 0) is 11.4 Å². The number of rotatable bonds is 8. The Hall–Kier alpha value is -4.33. The van der Waals surface area contributed by atoms with E-state index in [1.54, 1.807) is 37.4 Å². The van der Waals surface area contributed by atoms with Crippen LogP contribution in [0.3, 0.4) is 0 Å². The number of aromatic nitrogens is 2. The molecular formula is C24H22N4O4. The molecule has 4 rings (SSSR count). The number of anilines is 1. The first-order valence-corrected chi connectivity index (χ1v) is 9.99. The van der Waals surface area contributed by atoms with Gasteiger partial charge in [0.25, 0.3) is 5.91 Å². The highest BCUT2D eigenvalue weighted by molar-refractivity contribution is 6.03. The molecule has 162 valence electrons. The summed E-state index contributed by atoms with van der Waals surface area (Å²) in [6.45, 7) is 0.196. The van der Waals surface area contributed by atoms with E-state index in [0.29, 0.717) is 29.1 Å². The molecule has 0 aliphatic heterocycles. The zero-order valence-corrected chi connectivity index (χ0v) is 17.4. The number of benzene rings is 3. The number of ether oxygens (including phenoxy) is 2. The molecule has 3 aromatic carbocycles. The third-order valence-corrected chi connectivity index (χ3v) is 4.78. The molecule has 8 nitrogen and oxygen atoms in total. The maximum absolute atomic E-state index is 12.3. The van der Waals surface area contributed by atoms with Crippen molar-refractivity contribution in [2.45, 2.75) is 6.61 Å². The zero-order chi connectivity index (χ0) is 22.3. The summed E-state index contributed by atoms with van der Waals surface area (Å²) in [5.74, 6) is 1.06. The van der Waals surface area contributed by atoms with Gasteiger partial charge in [0, 0.05) is 10.9 Å². The molecule has 4 aromatic rings. The average Bonchev–Trinajstić information content (AvgIpc) is 3.23. The van der Waals surface area contributed by atoms with Crippen LogP contribution in [-0.4, -0.2) is 35.7 Å². The second-order valence-electron chi connectivity index (χ2n) is 7.02. The van der Waals surface area contributed by atoms with Crippen molar-refractivity contribution in [3.8, 4) is 11.5 Å². The largest absolute Gasteiger partial charge is 0.497 e. The van der Waals surface area contributed by atoms with Gasteiger partial charge in [-0.2, -0.15) is 5.10 Å². The van der Waals surface area contributed by atoms with E-state index in [1.807, 2.05) is 42.5 Å². The van der Waals surface area contributed by atoms with Crippen LogP contribution in [0.1, 0.15) is 15.9 Å². The summed E-state index contributed by atoms with van der Waals surface area (Å²) in [5.41, 5.74) is 2.21. The van der Waals surface area contributed by atoms with Crippen molar-refractivity contribution in [3.05, 3.63) is 83.9 Å². The molecule has 0 saturated heterocycles. The van der Waals surface area contributed by atoms with Gasteiger partial charge in [0.2, 0.25) is 5.91 Å². The number of carbonyl (C=O) groups excluding carboxylic acids is 2. The molecule has 32 heavy (non-hydrogen) atoms. The van der Waals surface area contributed by atoms with Crippen molar-refractivity contribution < 1.29 is 19.1 Å². The monoisotopic (exact) mass is 430 g/mol. The number of amides is 2. The van der Waals surface area contributed by atoms with E-state index < -0.39 is 0 Å². The lowest BCUT2D eigenvalue weighted by molar-refractivity contribution is -0.115. The predicted octanol–water partition coefficient (Wildman–Crippen LogP) is 3.52. The van der Waals surface area contributed by atoms with Gasteiger partial charge in [0.05, 0.1) is 19.2 Å². The third kappa shape index (κ3) is 5.04. The second-order valence-corrected chi connectivity index (χ2v) is 7.02. The Morgan fingerprint density at radius 1 is 0.969 bits per heavy atom. The molecule has 0 fully saturated rings. The third-order valence-electron chi connectivity index (χ3n) is 4.78. The Morgan fingerprint density at radius 3 is 2.62 bits per heavy atom. The van der Waals surface area contributed by atoms with Gasteiger partial charge in [0.1, 0.15) is 18.1 Å². The van der Waals surface area contributed by atoms with Gasteiger partial charge >= 0.3 is 0 Å². The molecule has 1 aromatic heterocycles. The van der Waals surface area contributed by atoms with Crippen molar-refractivity contribution in [1.82, 2.24) is 15.5 Å². The SMILES string of the molecule is COc1cccc(COc2ccc3[nH]nc(NC(=O)CNC(=O)c4ccccc4)c3c2)c1. The maximum atomic E-state index is 12.3. The lowest BCUT2D eigenvalue weighted by Crippen LogP contribution is -2.32. The van der Waals surface area contributed by atoms with Crippen molar-refractivity contribution >= 4 is 28.5 Å². The van der Waals surface area contributed by atoms with Crippen LogP contribution < -0.4 is 20.1 Å². The first-order valence-electron chi connectivity index (χ1n) is 9.99. The van der Waals surface area contributed by atoms with E-state index >= 15 is 0 Å². The Labute approximate surface area is 184 Å². The molecule has 0 atom stereocenters. The van der Waals surface area contributed by atoms with E-state index in [9.17, 15) is 9.59 Å². The average molecular weight is 430 g/mol. The normalized spacial score (nSPS) is 10.5. The summed E-state index contributed by atoms with van der Waals surface area (Å²) in [6, 6.07) is 21.8. The van der Waals surface area contributed by atoms with Gasteiger partial charge in [-0.1, -0.05) is 30.3 Å². The number of fused-ring (bicyclic) bond motifs is 1. The number of nitrogens with zero attached hydrogens (tertiary/aromatic N) is 1. The minimum Gasteiger partial charge on any atom is -0.497 e. The summed E-state index contributed by atoms with van der Waals surface area (Å²) >= 11 is 0. The minimum atomic E-state index is -0.384. The van der Waals surface area contributed by atoms with E-state index in [2.05, 4.69) is 20.8 Å². The molecule has 1 heterocycles. The van der Waals surface area contributed by atoms with E-state index in [-0.39, 0.29) is 18.4 Å². The standard InChI is InChI=1S/C24H22N4O4/c1-31-18-9-5-6-16(12-18)15-32-19-10-11-21-20(13-19)23(28-27-21)26-22(29)14-25-24(30)17-7-3-2-4-8-17/h2-13H,14-15H2,1H3,(H,25,30)(H2,26,27,28,29). The van der Waals surface area contributed by atoms with Crippen LogP contribution >= 0.6 is 0 Å². The van der Waals surface area contributed by atoms with Gasteiger partial charge < -0.3 is 20.1 Å². The number of hydrogen-bond acceptors (Lipinski definition) is 5. The van der Waals surface area contributed by atoms with Crippen LogP contribution in [0, 0.1) is 0 Å². The van der Waals surface area contributed by atoms with Crippen molar-refractivity contribution in [1.29, 1.82) is 0 Å². The number of hydrogen-bond donors (Lipinski definition) is 3. The molecule has 2 amide bonds. The summed E-state index contributed by atoms with van der Waals surface area (Å²) in [5, 5.41) is 13.1. The summed E-state index contributed by atoms with van der Waals surface area (Å²) in [4.78, 5) is 24.4. The van der Waals surface area contributed by atoms with Crippen LogP contribution in [0.2, 0.25) is 0 Å². The summed E-state index contributed by atoms with van der Waals surface area (Å²) in [7, 11) is 1.62. The fourth-order valence-corrected chi connectivity index (χ4v) is 3.14. The maximum Gasteiger partial charge on any atom is 0.251 e. The highest BCUT2D eigenvalue weighted by Gasteiger charge is 2.12. The molecule has 0 saturated carbocycles. The van der Waals surface area contributed by atoms with Gasteiger partial charge in [-0.15, -0.1) is 0 Å². The van der Waals surface area contributed by atoms with Gasteiger partial charge in [-0.25, -0.2) is 0 Å². The van der Waals surface area contributed by atoms with Crippen molar-refractivity contribution in [2.75, 3.05) is 19.0 Å². The fraction of sp³-hybridized carbons (Fsp3) is 0.125. The van der Waals surface area contributed by atoms with Gasteiger partial charge in [-0.3, -0.25) is 14.7 Å². The molecule has 8 heteroatoms. The fourth-order valence-electron chi connectivity index (χ4n) is 3.14. The Balaban J connectivity index is 1.38. The molecule has 0 unspecified atom stereocenters. The number of H-pyrrole nitrogens is 1. The topological polar surface area (TPSA) is 105 Å². The van der Waals surface area contributed by atoms with Crippen LogP contribution in [0.5, 0.6) is 11.5 Å². The molecule has 0 radical (unpaired) electrons. The zero-order valence-electron chi connectivity index (χ0n) is 17.4. The molecular weight excluding hydrogens is 408 g/mol. The quantitative estimate of drug-likeness (QED) is 0.397. The first kappa shape index (κ1) is 20.9. The number of methoxy groups -OCH3 is 1. The highest BCUT2D eigenvalue weighted by atomic mass is 16.5. The van der Waals surface area contributed by atoms with Crippen LogP contribution in [0.15, 0.2) is 72.8 Å². The number of aromatic amines is 1. The smallest absolute Gasteiger partial charge is 0.251 e. The predicted molar refractivity (Wildman–Crippen MR) is 121 cm³/mol. The van der Waals surface area contributed by atoms with E-state index in [0.717, 1.165) is 16.8 Å². The molecule has 0 aliphatic carbocycles. The summed E-state index contributed by atoms with van der Waals surface area (Å²) in [6.07, 6.45) is 0. The molecule has 0 aliphatic rings. The Kier molecular flexibility index (Phi) is 6.31. The van der Waals surface area contributed by atoms with E-state index in [4.69, 9.17) is 9.47 Å². The lowest BCUT2D eigenvalue weighted by atomic mass is 10.2. The molecule has 0 spiro atoms. The molecule has 0 bridgehead atoms. The van der Waals surface area contributed by atoms with Gasteiger partial charge in [-0.05, 0) is 48.0 Å².